The second kappa shape index (κ2) is 5.31. The van der Waals surface area contributed by atoms with E-state index < -0.39 is 0 Å². The monoisotopic (exact) mass is 280 g/mol. The van der Waals surface area contributed by atoms with E-state index in [1.165, 1.54) is 11.1 Å². The Hall–Kier alpha value is -1.60. The van der Waals surface area contributed by atoms with Crippen LogP contribution in [0.15, 0.2) is 60.7 Å². The zero-order valence-corrected chi connectivity index (χ0v) is 13.2. The lowest BCUT2D eigenvalue weighted by Crippen LogP contribution is -2.28. The first-order chi connectivity index (χ1) is 10.0. The topological polar surface area (TPSA) is 9.23 Å². The number of rotatable bonds is 2. The molecule has 1 heteroatoms. The Morgan fingerprint density at radius 2 is 1.33 bits per heavy atom. The summed E-state index contributed by atoms with van der Waals surface area (Å²) in [6.45, 7) is 7.76. The third-order valence-corrected chi connectivity index (χ3v) is 4.77. The fourth-order valence-electron chi connectivity index (χ4n) is 3.25. The van der Waals surface area contributed by atoms with E-state index in [9.17, 15) is 0 Å². The molecule has 0 spiro atoms. The highest BCUT2D eigenvalue weighted by Gasteiger charge is 2.46. The molecule has 0 radical (unpaired) electrons. The summed E-state index contributed by atoms with van der Waals surface area (Å²) in [5.41, 5.74) is 2.51. The van der Waals surface area contributed by atoms with E-state index in [0.29, 0.717) is 5.92 Å². The largest absolute Gasteiger partial charge is 0.365 e. The van der Waals surface area contributed by atoms with Crippen LogP contribution in [0.1, 0.15) is 38.3 Å². The third-order valence-electron chi connectivity index (χ3n) is 4.77. The van der Waals surface area contributed by atoms with E-state index in [1.54, 1.807) is 0 Å². The maximum Gasteiger partial charge on any atom is 0.118 e. The fourth-order valence-corrected chi connectivity index (χ4v) is 3.25. The highest BCUT2D eigenvalue weighted by molar-refractivity contribution is 5.37. The molecule has 2 aromatic carbocycles. The molecular weight excluding hydrogens is 256 g/mol. The first kappa shape index (κ1) is 14.3. The molecule has 0 saturated carbocycles. The minimum atomic E-state index is -0.291. The van der Waals surface area contributed by atoms with Crippen LogP contribution in [0, 0.1) is 11.3 Å². The van der Waals surface area contributed by atoms with Crippen LogP contribution in [0.25, 0.3) is 0 Å². The lowest BCUT2D eigenvalue weighted by molar-refractivity contribution is 0.0317. The number of benzene rings is 2. The molecule has 3 rings (SSSR count). The molecule has 0 amide bonds. The Kier molecular flexibility index (Phi) is 3.62. The van der Waals surface area contributed by atoms with Gasteiger partial charge in [0.2, 0.25) is 0 Å². The zero-order chi connectivity index (χ0) is 14.9. The smallest absolute Gasteiger partial charge is 0.118 e. The molecule has 1 saturated heterocycles. The van der Waals surface area contributed by atoms with E-state index >= 15 is 0 Å². The molecule has 21 heavy (non-hydrogen) atoms. The van der Waals surface area contributed by atoms with E-state index in [2.05, 4.69) is 81.4 Å². The Balaban J connectivity index is 2.06. The first-order valence-corrected chi connectivity index (χ1v) is 7.77. The minimum absolute atomic E-state index is 0.269. The van der Waals surface area contributed by atoms with E-state index in [4.69, 9.17) is 4.74 Å². The van der Waals surface area contributed by atoms with Crippen molar-refractivity contribution in [1.29, 1.82) is 0 Å². The average molecular weight is 280 g/mol. The molecule has 0 N–H and O–H groups in total. The van der Waals surface area contributed by atoms with Gasteiger partial charge in [0.1, 0.15) is 5.60 Å². The SMILES string of the molecule is CC(C)(C)[C@H]1COC(c2ccccc2)(c2ccccc2)C1. The summed E-state index contributed by atoms with van der Waals surface area (Å²) in [5, 5.41) is 0. The van der Waals surface area contributed by atoms with Crippen LogP contribution in [0.3, 0.4) is 0 Å². The van der Waals surface area contributed by atoms with Crippen LogP contribution >= 0.6 is 0 Å². The Morgan fingerprint density at radius 1 is 0.857 bits per heavy atom. The molecule has 1 aliphatic heterocycles. The van der Waals surface area contributed by atoms with Crippen molar-refractivity contribution in [2.75, 3.05) is 6.61 Å². The number of hydrogen-bond donors (Lipinski definition) is 0. The quantitative estimate of drug-likeness (QED) is 0.751. The lowest BCUT2D eigenvalue weighted by atomic mass is 9.73. The fraction of sp³-hybridized carbons (Fsp3) is 0.400. The number of hydrogen-bond acceptors (Lipinski definition) is 1. The van der Waals surface area contributed by atoms with E-state index in [-0.39, 0.29) is 11.0 Å². The van der Waals surface area contributed by atoms with Crippen molar-refractivity contribution in [3.63, 3.8) is 0 Å². The Bertz CT molecular complexity index is 541. The number of ether oxygens (including phenoxy) is 1. The van der Waals surface area contributed by atoms with Crippen LogP contribution in [0.4, 0.5) is 0 Å². The van der Waals surface area contributed by atoms with Crippen molar-refractivity contribution < 1.29 is 4.74 Å². The van der Waals surface area contributed by atoms with E-state index in [1.807, 2.05) is 0 Å². The molecule has 2 aromatic rings. The van der Waals surface area contributed by atoms with Gasteiger partial charge < -0.3 is 4.74 Å². The predicted octanol–water partition coefficient (Wildman–Crippen LogP) is 5.01. The second-order valence-corrected chi connectivity index (χ2v) is 7.14. The van der Waals surface area contributed by atoms with Crippen LogP contribution in [0.2, 0.25) is 0 Å². The zero-order valence-electron chi connectivity index (χ0n) is 13.2. The van der Waals surface area contributed by atoms with Gasteiger partial charge in [-0.3, -0.25) is 0 Å². The molecule has 1 nitrogen and oxygen atoms in total. The summed E-state index contributed by atoms with van der Waals surface area (Å²) in [7, 11) is 0. The summed E-state index contributed by atoms with van der Waals surface area (Å²) in [6, 6.07) is 21.3. The van der Waals surface area contributed by atoms with Crippen molar-refractivity contribution in [1.82, 2.24) is 0 Å². The molecule has 1 aliphatic rings. The summed E-state index contributed by atoms with van der Waals surface area (Å²) < 4.78 is 6.45. The lowest BCUT2D eigenvalue weighted by Gasteiger charge is -2.31. The summed E-state index contributed by atoms with van der Waals surface area (Å²) in [4.78, 5) is 0. The van der Waals surface area contributed by atoms with Gasteiger partial charge in [0.25, 0.3) is 0 Å². The van der Waals surface area contributed by atoms with Gasteiger partial charge in [-0.05, 0) is 28.9 Å². The Labute approximate surface area is 128 Å². The van der Waals surface area contributed by atoms with Crippen LogP contribution in [0.5, 0.6) is 0 Å². The van der Waals surface area contributed by atoms with Gasteiger partial charge in [0.05, 0.1) is 6.61 Å². The van der Waals surface area contributed by atoms with Gasteiger partial charge in [-0.2, -0.15) is 0 Å². The Morgan fingerprint density at radius 3 is 1.71 bits per heavy atom. The van der Waals surface area contributed by atoms with Crippen molar-refractivity contribution in [3.8, 4) is 0 Å². The van der Waals surface area contributed by atoms with Crippen molar-refractivity contribution >= 4 is 0 Å². The molecule has 1 heterocycles. The first-order valence-electron chi connectivity index (χ1n) is 7.77. The summed E-state index contributed by atoms with van der Waals surface area (Å²) in [5.74, 6) is 0.568. The molecule has 0 unspecified atom stereocenters. The van der Waals surface area contributed by atoms with Gasteiger partial charge in [-0.1, -0.05) is 81.4 Å². The van der Waals surface area contributed by atoms with Gasteiger partial charge in [0.15, 0.2) is 0 Å². The third kappa shape index (κ3) is 2.63. The van der Waals surface area contributed by atoms with Gasteiger partial charge in [-0.15, -0.1) is 0 Å². The molecular formula is C20H24O. The van der Waals surface area contributed by atoms with Gasteiger partial charge in [0, 0.05) is 0 Å². The predicted molar refractivity (Wildman–Crippen MR) is 87.2 cm³/mol. The van der Waals surface area contributed by atoms with E-state index in [0.717, 1.165) is 13.0 Å². The standard InChI is InChI=1S/C20H24O/c1-19(2,3)18-14-20(21-15-18,16-10-6-4-7-11-16)17-12-8-5-9-13-17/h4-13,18H,14-15H2,1-3H3/t18-/m1/s1. The van der Waals surface area contributed by atoms with Crippen molar-refractivity contribution in [2.24, 2.45) is 11.3 Å². The molecule has 0 bridgehead atoms. The second-order valence-electron chi connectivity index (χ2n) is 7.14. The normalized spacial score (nSPS) is 21.4. The van der Waals surface area contributed by atoms with Crippen LogP contribution in [-0.4, -0.2) is 6.61 Å². The molecule has 1 fully saturated rings. The molecule has 0 aromatic heterocycles. The van der Waals surface area contributed by atoms with Gasteiger partial charge >= 0.3 is 0 Å². The molecule has 1 atom stereocenters. The van der Waals surface area contributed by atoms with Gasteiger partial charge in [-0.25, -0.2) is 0 Å². The molecule has 0 aliphatic carbocycles. The minimum Gasteiger partial charge on any atom is -0.365 e. The average Bonchev–Trinajstić information content (AvgIpc) is 2.96. The van der Waals surface area contributed by atoms with Crippen molar-refractivity contribution in [2.45, 2.75) is 32.8 Å². The van der Waals surface area contributed by atoms with Crippen LogP contribution < -0.4 is 0 Å². The molecule has 110 valence electrons. The maximum absolute atomic E-state index is 6.45. The maximum atomic E-state index is 6.45. The van der Waals surface area contributed by atoms with Crippen LogP contribution in [-0.2, 0) is 10.3 Å². The van der Waals surface area contributed by atoms with Crippen molar-refractivity contribution in [3.05, 3.63) is 71.8 Å². The summed E-state index contributed by atoms with van der Waals surface area (Å²) >= 11 is 0. The highest BCUT2D eigenvalue weighted by atomic mass is 16.5. The highest BCUT2D eigenvalue weighted by Crippen LogP contribution is 2.49. The summed E-state index contributed by atoms with van der Waals surface area (Å²) in [6.07, 6.45) is 1.05.